The molecule has 0 saturated heterocycles. The predicted octanol–water partition coefficient (Wildman–Crippen LogP) is 3.97. The van der Waals surface area contributed by atoms with E-state index >= 15 is 0 Å². The Labute approximate surface area is 189 Å². The van der Waals surface area contributed by atoms with Crippen molar-refractivity contribution in [3.05, 3.63) is 77.5 Å². The number of ether oxygens (including phenoxy) is 1. The van der Waals surface area contributed by atoms with Crippen molar-refractivity contribution in [1.82, 2.24) is 20.3 Å². The van der Waals surface area contributed by atoms with Gasteiger partial charge in [-0.25, -0.2) is 14.2 Å². The number of nitrogens with one attached hydrogen (secondary N) is 1. The van der Waals surface area contributed by atoms with E-state index in [0.29, 0.717) is 17.6 Å². The van der Waals surface area contributed by atoms with Crippen molar-refractivity contribution in [1.29, 1.82) is 0 Å². The Morgan fingerprint density at radius 2 is 2.03 bits per heavy atom. The average Bonchev–Trinajstić information content (AvgIpc) is 2.80. The molecule has 4 rings (SSSR count). The molecule has 0 amide bonds. The summed E-state index contributed by atoms with van der Waals surface area (Å²) in [5, 5.41) is 12.6. The quantitative estimate of drug-likeness (QED) is 0.389. The van der Waals surface area contributed by atoms with Crippen LogP contribution in [-0.2, 0) is 6.54 Å². The van der Waals surface area contributed by atoms with E-state index in [4.69, 9.17) is 10.5 Å². The zero-order valence-electron chi connectivity index (χ0n) is 18.0. The molecule has 33 heavy (non-hydrogen) atoms. The molecule has 0 aliphatic carbocycles. The second-order valence-corrected chi connectivity index (χ2v) is 7.46. The molecule has 4 N–H and O–H groups in total. The van der Waals surface area contributed by atoms with Gasteiger partial charge < -0.3 is 20.9 Å². The lowest BCUT2D eigenvalue weighted by Gasteiger charge is -2.19. The molecule has 3 heterocycles. The molecule has 9 heteroatoms. The molecule has 8 nitrogen and oxygen atoms in total. The van der Waals surface area contributed by atoms with Crippen LogP contribution in [0, 0.1) is 5.82 Å². The van der Waals surface area contributed by atoms with Crippen molar-refractivity contribution in [2.45, 2.75) is 19.6 Å². The number of aromatic nitrogens is 3. The number of anilines is 1. The van der Waals surface area contributed by atoms with E-state index < -0.39 is 17.9 Å². The first-order valence-corrected chi connectivity index (χ1v) is 10.2. The number of hydrogen-bond donors (Lipinski definition) is 3. The fourth-order valence-corrected chi connectivity index (χ4v) is 3.71. The van der Waals surface area contributed by atoms with Gasteiger partial charge in [-0.3, -0.25) is 9.97 Å². The number of carboxylic acid groups (broad SMARTS) is 1. The van der Waals surface area contributed by atoms with Gasteiger partial charge in [0.05, 0.1) is 16.6 Å². The first-order chi connectivity index (χ1) is 15.9. The van der Waals surface area contributed by atoms with Gasteiger partial charge in [0.1, 0.15) is 11.9 Å². The van der Waals surface area contributed by atoms with Gasteiger partial charge in [0, 0.05) is 41.8 Å². The molecule has 0 radical (unpaired) electrons. The summed E-state index contributed by atoms with van der Waals surface area (Å²) < 4.78 is 19.8. The first kappa shape index (κ1) is 22.1. The Morgan fingerprint density at radius 1 is 1.21 bits per heavy atom. The topological polar surface area (TPSA) is 123 Å². The van der Waals surface area contributed by atoms with Gasteiger partial charge in [0.2, 0.25) is 0 Å². The van der Waals surface area contributed by atoms with Crippen LogP contribution in [0.2, 0.25) is 0 Å². The minimum absolute atomic E-state index is 0.0489. The molecule has 3 aromatic heterocycles. The zero-order chi connectivity index (χ0) is 23.5. The second-order valence-electron chi connectivity index (χ2n) is 7.46. The van der Waals surface area contributed by atoms with E-state index in [-0.39, 0.29) is 22.7 Å². The van der Waals surface area contributed by atoms with Crippen LogP contribution in [0.4, 0.5) is 10.2 Å². The Balaban J connectivity index is 1.79. The number of nitrogen functional groups attached to an aromatic ring is 1. The Kier molecular flexibility index (Phi) is 6.14. The lowest BCUT2D eigenvalue weighted by atomic mass is 10.00. The van der Waals surface area contributed by atoms with E-state index in [1.807, 2.05) is 19.2 Å². The number of rotatable bonds is 7. The number of halogens is 1. The summed E-state index contributed by atoms with van der Waals surface area (Å²) in [4.78, 5) is 24.8. The lowest BCUT2D eigenvalue weighted by molar-refractivity contribution is 0.0691. The molecular formula is C24H22FN5O3. The van der Waals surface area contributed by atoms with Crippen molar-refractivity contribution < 1.29 is 19.0 Å². The van der Waals surface area contributed by atoms with Crippen molar-refractivity contribution in [3.8, 4) is 16.9 Å². The highest BCUT2D eigenvalue weighted by Crippen LogP contribution is 2.35. The van der Waals surface area contributed by atoms with Crippen molar-refractivity contribution in [2.75, 3.05) is 12.8 Å². The minimum Gasteiger partial charge on any atom is -0.482 e. The summed E-state index contributed by atoms with van der Waals surface area (Å²) in [6.07, 6.45) is 4.30. The molecule has 0 aliphatic rings. The third kappa shape index (κ3) is 4.44. The maximum absolute atomic E-state index is 13.8. The van der Waals surface area contributed by atoms with Crippen LogP contribution in [0.1, 0.15) is 34.5 Å². The maximum atomic E-state index is 13.8. The van der Waals surface area contributed by atoms with Crippen LogP contribution in [0.15, 0.2) is 55.0 Å². The number of benzene rings is 1. The van der Waals surface area contributed by atoms with E-state index in [9.17, 15) is 14.3 Å². The molecule has 168 valence electrons. The van der Waals surface area contributed by atoms with Crippen LogP contribution in [-0.4, -0.2) is 33.1 Å². The van der Waals surface area contributed by atoms with Gasteiger partial charge >= 0.3 is 5.97 Å². The molecule has 1 aromatic carbocycles. The largest absolute Gasteiger partial charge is 0.482 e. The highest BCUT2D eigenvalue weighted by Gasteiger charge is 2.20. The first-order valence-electron chi connectivity index (χ1n) is 10.2. The van der Waals surface area contributed by atoms with Gasteiger partial charge in [-0.2, -0.15) is 0 Å². The Bertz CT molecular complexity index is 1350. The number of pyridine rings is 3. The average molecular weight is 447 g/mol. The second kappa shape index (κ2) is 9.17. The third-order valence-corrected chi connectivity index (χ3v) is 5.23. The number of nitrogens with two attached hydrogens (primary N) is 1. The molecule has 4 aromatic rings. The number of fused-ring (bicyclic) bond motifs is 1. The molecule has 0 bridgehead atoms. The van der Waals surface area contributed by atoms with E-state index in [2.05, 4.69) is 20.3 Å². The summed E-state index contributed by atoms with van der Waals surface area (Å²) in [6, 6.07) is 8.86. The third-order valence-electron chi connectivity index (χ3n) is 5.23. The van der Waals surface area contributed by atoms with Crippen LogP contribution < -0.4 is 15.8 Å². The van der Waals surface area contributed by atoms with Crippen LogP contribution in [0.5, 0.6) is 5.75 Å². The number of carbonyl (C=O) groups is 1. The van der Waals surface area contributed by atoms with Crippen molar-refractivity contribution in [3.63, 3.8) is 0 Å². The van der Waals surface area contributed by atoms with Crippen molar-refractivity contribution >= 4 is 22.8 Å². The number of aromatic carboxylic acids is 1. The smallest absolute Gasteiger partial charge is 0.336 e. The Morgan fingerprint density at radius 3 is 2.79 bits per heavy atom. The van der Waals surface area contributed by atoms with Crippen molar-refractivity contribution in [2.24, 2.45) is 0 Å². The van der Waals surface area contributed by atoms with Gasteiger partial charge in [-0.1, -0.05) is 0 Å². The fraction of sp³-hybridized carbons (Fsp3) is 0.167. The minimum atomic E-state index is -1.17. The highest BCUT2D eigenvalue weighted by atomic mass is 19.1. The standard InChI is InChI=1S/C24H22FN5O3/c1-13(18-9-16(25)5-6-17(18)24(31)32)33-20-8-14(11-30-23(20)26)21-15(10-27-2)12-29-19-4-3-7-28-22(19)21/h3-9,11-13,27H,10H2,1-2H3,(H2,26,30)(H,31,32)/t13-/m1/s1. The van der Waals surface area contributed by atoms with E-state index in [0.717, 1.165) is 28.8 Å². The highest BCUT2D eigenvalue weighted by molar-refractivity contribution is 5.93. The van der Waals surface area contributed by atoms with Gasteiger partial charge in [-0.15, -0.1) is 0 Å². The van der Waals surface area contributed by atoms with Gasteiger partial charge in [-0.05, 0) is 55.9 Å². The SMILES string of the molecule is CNCc1cnc2cccnc2c1-c1cnc(N)c(O[C@H](C)c2cc(F)ccc2C(=O)O)c1. The Hall–Kier alpha value is -4.11. The molecule has 0 aliphatic heterocycles. The molecule has 0 saturated carbocycles. The normalized spacial score (nSPS) is 12.0. The summed E-state index contributed by atoms with van der Waals surface area (Å²) in [7, 11) is 1.84. The lowest BCUT2D eigenvalue weighted by Crippen LogP contribution is -2.12. The molecule has 0 unspecified atom stereocenters. The van der Waals surface area contributed by atoms with Crippen LogP contribution in [0.3, 0.4) is 0 Å². The summed E-state index contributed by atoms with van der Waals surface area (Å²) >= 11 is 0. The maximum Gasteiger partial charge on any atom is 0.336 e. The predicted molar refractivity (Wildman–Crippen MR) is 122 cm³/mol. The number of nitrogens with zero attached hydrogens (tertiary/aromatic N) is 3. The summed E-state index contributed by atoms with van der Waals surface area (Å²) in [5.74, 6) is -1.36. The molecule has 1 atom stereocenters. The number of hydrogen-bond acceptors (Lipinski definition) is 7. The fourth-order valence-electron chi connectivity index (χ4n) is 3.71. The van der Waals surface area contributed by atoms with Gasteiger partial charge in [0.15, 0.2) is 11.6 Å². The van der Waals surface area contributed by atoms with Gasteiger partial charge in [0.25, 0.3) is 0 Å². The van der Waals surface area contributed by atoms with E-state index in [1.54, 1.807) is 31.6 Å². The van der Waals surface area contributed by atoms with Crippen LogP contribution in [0.25, 0.3) is 22.2 Å². The monoisotopic (exact) mass is 447 g/mol. The number of carboxylic acids is 1. The summed E-state index contributed by atoms with van der Waals surface area (Å²) in [5.41, 5.74) is 10.1. The molecule has 0 spiro atoms. The zero-order valence-corrected chi connectivity index (χ0v) is 18.0. The van der Waals surface area contributed by atoms with Crippen LogP contribution >= 0.6 is 0 Å². The summed E-state index contributed by atoms with van der Waals surface area (Å²) in [6.45, 7) is 2.18. The van der Waals surface area contributed by atoms with E-state index in [1.165, 1.54) is 6.07 Å². The molecular weight excluding hydrogens is 425 g/mol. The molecule has 0 fully saturated rings.